The van der Waals surface area contributed by atoms with Gasteiger partial charge in [0.25, 0.3) is 0 Å². The van der Waals surface area contributed by atoms with Gasteiger partial charge in [-0.2, -0.15) is 0 Å². The van der Waals surface area contributed by atoms with Crippen LogP contribution in [0.5, 0.6) is 0 Å². The number of nitrogens with one attached hydrogen (secondary N) is 1. The summed E-state index contributed by atoms with van der Waals surface area (Å²) < 4.78 is 5.87. The predicted octanol–water partition coefficient (Wildman–Crippen LogP) is 3.85. The van der Waals surface area contributed by atoms with Crippen LogP contribution in [-0.2, 0) is 6.54 Å². The van der Waals surface area contributed by atoms with Gasteiger partial charge < -0.3 is 9.73 Å². The van der Waals surface area contributed by atoms with Crippen LogP contribution in [0.3, 0.4) is 0 Å². The van der Waals surface area contributed by atoms with Crippen LogP contribution in [0, 0.1) is 0 Å². The van der Waals surface area contributed by atoms with Crippen molar-refractivity contribution in [1.29, 1.82) is 0 Å². The Morgan fingerprint density at radius 1 is 1.47 bits per heavy atom. The number of furan rings is 1. The maximum Gasteiger partial charge on any atom is 0.0950 e. The average Bonchev–Trinajstić information content (AvgIpc) is 2.84. The van der Waals surface area contributed by atoms with E-state index >= 15 is 0 Å². The van der Waals surface area contributed by atoms with Crippen LogP contribution in [0.2, 0.25) is 4.34 Å². The van der Waals surface area contributed by atoms with E-state index in [1.165, 1.54) is 4.88 Å². The normalized spacial score (nSPS) is 12.9. The second-order valence-corrected chi connectivity index (χ2v) is 5.16. The molecule has 0 fully saturated rings. The lowest BCUT2D eigenvalue weighted by atomic mass is 10.2. The van der Waals surface area contributed by atoms with Crippen molar-refractivity contribution in [3.63, 3.8) is 0 Å². The van der Waals surface area contributed by atoms with Crippen LogP contribution in [0.1, 0.15) is 23.4 Å². The highest BCUT2D eigenvalue weighted by atomic mass is 35.5. The van der Waals surface area contributed by atoms with Crippen molar-refractivity contribution in [2.45, 2.75) is 19.5 Å². The highest BCUT2D eigenvalue weighted by Crippen LogP contribution is 2.22. The van der Waals surface area contributed by atoms with Crippen LogP contribution in [0.4, 0.5) is 0 Å². The van der Waals surface area contributed by atoms with Gasteiger partial charge in [0.2, 0.25) is 0 Å². The molecule has 2 aromatic heterocycles. The monoisotopic (exact) mass is 241 g/mol. The zero-order chi connectivity index (χ0) is 10.7. The third-order valence-corrected chi connectivity index (χ3v) is 3.49. The molecule has 4 heteroatoms. The highest BCUT2D eigenvalue weighted by Gasteiger charge is 2.06. The first-order valence-electron chi connectivity index (χ1n) is 4.75. The van der Waals surface area contributed by atoms with Gasteiger partial charge in [-0.05, 0) is 25.1 Å². The Hall–Kier alpha value is -0.770. The summed E-state index contributed by atoms with van der Waals surface area (Å²) in [6, 6.07) is 6.23. The smallest absolute Gasteiger partial charge is 0.0950 e. The molecule has 0 bridgehead atoms. The Kier molecular flexibility index (Phi) is 3.46. The van der Waals surface area contributed by atoms with Crippen LogP contribution in [0.25, 0.3) is 0 Å². The Morgan fingerprint density at radius 3 is 2.93 bits per heavy atom. The molecular weight excluding hydrogens is 230 g/mol. The van der Waals surface area contributed by atoms with Crippen molar-refractivity contribution >= 4 is 22.9 Å². The summed E-state index contributed by atoms with van der Waals surface area (Å²) in [4.78, 5) is 1.25. The summed E-state index contributed by atoms with van der Waals surface area (Å²) in [6.07, 6.45) is 3.45. The van der Waals surface area contributed by atoms with E-state index in [4.69, 9.17) is 16.0 Å². The zero-order valence-corrected chi connectivity index (χ0v) is 9.94. The average molecular weight is 242 g/mol. The fraction of sp³-hybridized carbons (Fsp3) is 0.273. The molecular formula is C11H12ClNOS. The maximum atomic E-state index is 5.85. The Morgan fingerprint density at radius 2 is 2.33 bits per heavy atom. The topological polar surface area (TPSA) is 25.2 Å². The lowest BCUT2D eigenvalue weighted by molar-refractivity contribution is 0.540. The molecule has 15 heavy (non-hydrogen) atoms. The molecule has 0 saturated carbocycles. The molecule has 2 rings (SSSR count). The Labute approximate surface area is 97.9 Å². The largest absolute Gasteiger partial charge is 0.472 e. The van der Waals surface area contributed by atoms with Crippen LogP contribution in [0.15, 0.2) is 35.1 Å². The lowest BCUT2D eigenvalue weighted by Gasteiger charge is -2.10. The molecule has 1 N–H and O–H groups in total. The van der Waals surface area contributed by atoms with Crippen molar-refractivity contribution in [3.05, 3.63) is 45.5 Å². The minimum atomic E-state index is 0.296. The van der Waals surface area contributed by atoms with Gasteiger partial charge in [-0.1, -0.05) is 11.6 Å². The van der Waals surface area contributed by atoms with E-state index < -0.39 is 0 Å². The molecule has 0 aliphatic rings. The first kappa shape index (κ1) is 10.7. The van der Waals surface area contributed by atoms with Crippen LogP contribution in [-0.4, -0.2) is 0 Å². The number of rotatable bonds is 4. The fourth-order valence-electron chi connectivity index (χ4n) is 1.34. The van der Waals surface area contributed by atoms with Crippen LogP contribution < -0.4 is 5.32 Å². The van der Waals surface area contributed by atoms with Gasteiger partial charge in [-0.3, -0.25) is 0 Å². The third kappa shape index (κ3) is 2.84. The minimum Gasteiger partial charge on any atom is -0.472 e. The first-order valence-corrected chi connectivity index (χ1v) is 5.95. The minimum absolute atomic E-state index is 0.296. The molecule has 0 amide bonds. The summed E-state index contributed by atoms with van der Waals surface area (Å²) in [5, 5.41) is 3.41. The number of hydrogen-bond donors (Lipinski definition) is 1. The molecule has 2 nitrogen and oxygen atoms in total. The quantitative estimate of drug-likeness (QED) is 0.880. The second kappa shape index (κ2) is 4.84. The first-order chi connectivity index (χ1) is 7.25. The number of halogens is 1. The summed E-state index contributed by atoms with van der Waals surface area (Å²) in [7, 11) is 0. The SMILES string of the molecule is CC(NCc1ccc(Cl)s1)c1ccoc1. The summed E-state index contributed by atoms with van der Waals surface area (Å²) >= 11 is 7.46. The van der Waals surface area contributed by atoms with E-state index in [-0.39, 0.29) is 0 Å². The van der Waals surface area contributed by atoms with E-state index in [2.05, 4.69) is 12.2 Å². The van der Waals surface area contributed by atoms with Gasteiger partial charge in [0.05, 0.1) is 16.9 Å². The molecule has 0 spiro atoms. The van der Waals surface area contributed by atoms with Crippen molar-refractivity contribution in [2.75, 3.05) is 0 Å². The molecule has 2 heterocycles. The highest BCUT2D eigenvalue weighted by molar-refractivity contribution is 7.16. The van der Waals surface area contributed by atoms with Crippen molar-refractivity contribution < 1.29 is 4.42 Å². The maximum absolute atomic E-state index is 5.85. The van der Waals surface area contributed by atoms with Crippen molar-refractivity contribution in [3.8, 4) is 0 Å². The molecule has 0 radical (unpaired) electrons. The molecule has 0 saturated heterocycles. The van der Waals surface area contributed by atoms with E-state index in [0.29, 0.717) is 6.04 Å². The summed E-state index contributed by atoms with van der Waals surface area (Å²) in [5.41, 5.74) is 1.16. The summed E-state index contributed by atoms with van der Waals surface area (Å²) in [5.74, 6) is 0. The van der Waals surface area contributed by atoms with Gasteiger partial charge in [0.1, 0.15) is 0 Å². The zero-order valence-electron chi connectivity index (χ0n) is 8.37. The predicted molar refractivity (Wildman–Crippen MR) is 63.3 cm³/mol. The van der Waals surface area contributed by atoms with Gasteiger partial charge in [0, 0.05) is 23.0 Å². The van der Waals surface area contributed by atoms with Gasteiger partial charge in [-0.25, -0.2) is 0 Å². The van der Waals surface area contributed by atoms with Crippen molar-refractivity contribution in [2.24, 2.45) is 0 Å². The fourth-order valence-corrected chi connectivity index (χ4v) is 2.38. The van der Waals surface area contributed by atoms with Gasteiger partial charge in [-0.15, -0.1) is 11.3 Å². The van der Waals surface area contributed by atoms with Crippen LogP contribution >= 0.6 is 22.9 Å². The molecule has 0 aliphatic carbocycles. The Balaban J connectivity index is 1.88. The van der Waals surface area contributed by atoms with E-state index in [9.17, 15) is 0 Å². The molecule has 1 atom stereocenters. The molecule has 80 valence electrons. The molecule has 0 aliphatic heterocycles. The number of hydrogen-bond acceptors (Lipinski definition) is 3. The van der Waals surface area contributed by atoms with E-state index in [1.807, 2.05) is 18.2 Å². The van der Waals surface area contributed by atoms with Gasteiger partial charge >= 0.3 is 0 Å². The van der Waals surface area contributed by atoms with Gasteiger partial charge in [0.15, 0.2) is 0 Å². The third-order valence-electron chi connectivity index (χ3n) is 2.25. The molecule has 1 unspecified atom stereocenters. The summed E-state index contributed by atoms with van der Waals surface area (Å²) in [6.45, 7) is 2.95. The van der Waals surface area contributed by atoms with Crippen molar-refractivity contribution in [1.82, 2.24) is 5.32 Å². The van der Waals surface area contributed by atoms with E-state index in [0.717, 1.165) is 16.4 Å². The molecule has 2 aromatic rings. The Bertz CT molecular complexity index is 410. The molecule has 0 aromatic carbocycles. The second-order valence-electron chi connectivity index (χ2n) is 3.37. The lowest BCUT2D eigenvalue weighted by Crippen LogP contribution is -2.16. The standard InChI is InChI=1S/C11H12ClNOS/c1-8(9-4-5-14-7-9)13-6-10-2-3-11(12)15-10/h2-5,7-8,13H,6H2,1H3. The number of thiophene rings is 1. The van der Waals surface area contributed by atoms with E-state index in [1.54, 1.807) is 23.9 Å².